The molecule has 0 fully saturated rings. The molecule has 4 nitrogen and oxygen atoms in total. The van der Waals surface area contributed by atoms with Crippen molar-refractivity contribution in [2.24, 2.45) is 0 Å². The lowest BCUT2D eigenvalue weighted by atomic mass is 9.78. The van der Waals surface area contributed by atoms with Gasteiger partial charge in [0, 0.05) is 5.41 Å². The smallest absolute Gasteiger partial charge is 0.119 e. The summed E-state index contributed by atoms with van der Waals surface area (Å²) < 4.78 is 35.2. The van der Waals surface area contributed by atoms with Gasteiger partial charge in [-0.25, -0.2) is 8.78 Å². The minimum atomic E-state index is -1.12. The number of alkyl halides is 2. The lowest BCUT2D eigenvalue weighted by molar-refractivity contribution is 0.0842. The summed E-state index contributed by atoms with van der Waals surface area (Å²) in [6.07, 6.45) is -2.24. The van der Waals surface area contributed by atoms with Crippen molar-refractivity contribution in [3.8, 4) is 11.5 Å². The second-order valence-corrected chi connectivity index (χ2v) is 6.91. The highest BCUT2D eigenvalue weighted by Gasteiger charge is 2.23. The van der Waals surface area contributed by atoms with Gasteiger partial charge in [-0.2, -0.15) is 0 Å². The molecule has 0 aliphatic heterocycles. The predicted molar refractivity (Wildman–Crippen MR) is 100.0 cm³/mol. The Morgan fingerprint density at radius 3 is 1.37 bits per heavy atom. The fraction of sp³-hybridized carbons (Fsp3) is 0.429. The summed E-state index contributed by atoms with van der Waals surface area (Å²) in [5.74, 6) is 1.13. The number of benzene rings is 2. The zero-order valence-electron chi connectivity index (χ0n) is 15.6. The van der Waals surface area contributed by atoms with E-state index in [0.29, 0.717) is 11.5 Å². The number of aliphatic hydroxyl groups is 2. The largest absolute Gasteiger partial charge is 0.491 e. The van der Waals surface area contributed by atoms with E-state index in [0.717, 1.165) is 11.1 Å². The predicted octanol–water partition coefficient (Wildman–Crippen LogP) is 3.43. The van der Waals surface area contributed by atoms with Crippen LogP contribution in [-0.2, 0) is 5.41 Å². The molecule has 0 aliphatic rings. The lowest BCUT2D eigenvalue weighted by Crippen LogP contribution is -2.20. The molecular weight excluding hydrogens is 354 g/mol. The van der Waals surface area contributed by atoms with Gasteiger partial charge in [-0.15, -0.1) is 0 Å². The second kappa shape index (κ2) is 9.67. The topological polar surface area (TPSA) is 58.9 Å². The number of ether oxygens (including phenoxy) is 2. The monoisotopic (exact) mass is 380 g/mol. The van der Waals surface area contributed by atoms with Crippen molar-refractivity contribution in [3.05, 3.63) is 59.7 Å². The molecule has 2 aromatic carbocycles. The average molecular weight is 380 g/mol. The van der Waals surface area contributed by atoms with E-state index >= 15 is 0 Å². The van der Waals surface area contributed by atoms with Crippen LogP contribution in [0, 0.1) is 0 Å². The highest BCUT2D eigenvalue weighted by Crippen LogP contribution is 2.33. The molecule has 0 aromatic heterocycles. The van der Waals surface area contributed by atoms with Crippen LogP contribution in [0.2, 0.25) is 0 Å². The molecule has 2 N–H and O–H groups in total. The van der Waals surface area contributed by atoms with E-state index in [1.54, 1.807) is 24.3 Å². The first kappa shape index (κ1) is 21.1. The number of rotatable bonds is 10. The zero-order valence-corrected chi connectivity index (χ0v) is 15.6. The van der Waals surface area contributed by atoms with Crippen molar-refractivity contribution >= 4 is 0 Å². The third kappa shape index (κ3) is 5.91. The van der Waals surface area contributed by atoms with E-state index in [1.165, 1.54) is 0 Å². The summed E-state index contributed by atoms with van der Waals surface area (Å²) in [5.41, 5.74) is 1.83. The number of hydrogen-bond donors (Lipinski definition) is 2. The second-order valence-electron chi connectivity index (χ2n) is 6.91. The van der Waals surface area contributed by atoms with Crippen LogP contribution in [0.15, 0.2) is 48.5 Å². The Kier molecular flexibility index (Phi) is 7.56. The molecule has 6 heteroatoms. The molecule has 0 spiro atoms. The first-order valence-electron chi connectivity index (χ1n) is 8.81. The zero-order chi connectivity index (χ0) is 19.9. The van der Waals surface area contributed by atoms with Gasteiger partial charge < -0.3 is 19.7 Å². The summed E-state index contributed by atoms with van der Waals surface area (Å²) >= 11 is 0. The van der Waals surface area contributed by atoms with Crippen molar-refractivity contribution in [2.45, 2.75) is 31.5 Å². The lowest BCUT2D eigenvalue weighted by Gasteiger charge is -2.26. The Bertz CT molecular complexity index is 627. The molecule has 0 saturated carbocycles. The highest BCUT2D eigenvalue weighted by molar-refractivity contribution is 5.41. The van der Waals surface area contributed by atoms with Gasteiger partial charge in [-0.1, -0.05) is 38.1 Å². The van der Waals surface area contributed by atoms with E-state index < -0.39 is 25.6 Å². The van der Waals surface area contributed by atoms with E-state index in [2.05, 4.69) is 13.8 Å². The molecule has 148 valence electrons. The van der Waals surface area contributed by atoms with E-state index in [-0.39, 0.29) is 18.6 Å². The standard InChI is InChI=1S/C21H26F2O4/c1-21(2,15-3-7-19(8-4-15)26-13-17(24)11-22)16-5-9-20(10-6-16)27-14-18(25)12-23/h3-10,17-18,24-25H,11-14H2,1-2H3/t17-,18+. The van der Waals surface area contributed by atoms with Gasteiger partial charge in [0.15, 0.2) is 0 Å². The van der Waals surface area contributed by atoms with Crippen molar-refractivity contribution in [3.63, 3.8) is 0 Å². The van der Waals surface area contributed by atoms with Crippen molar-refractivity contribution in [2.75, 3.05) is 26.6 Å². The third-order valence-electron chi connectivity index (χ3n) is 4.39. The minimum absolute atomic E-state index is 0.0855. The first-order chi connectivity index (χ1) is 12.9. The van der Waals surface area contributed by atoms with E-state index in [9.17, 15) is 19.0 Å². The Morgan fingerprint density at radius 2 is 1.07 bits per heavy atom. The molecule has 27 heavy (non-hydrogen) atoms. The summed E-state index contributed by atoms with van der Waals surface area (Å²) in [6.45, 7) is 2.32. The van der Waals surface area contributed by atoms with Crippen molar-refractivity contribution < 1.29 is 28.5 Å². The summed E-state index contributed by atoms with van der Waals surface area (Å²) in [4.78, 5) is 0. The molecule has 2 aromatic rings. The Balaban J connectivity index is 2.04. The maximum absolute atomic E-state index is 12.3. The minimum Gasteiger partial charge on any atom is -0.491 e. The van der Waals surface area contributed by atoms with Crippen molar-refractivity contribution in [1.29, 1.82) is 0 Å². The van der Waals surface area contributed by atoms with Crippen LogP contribution in [0.3, 0.4) is 0 Å². The van der Waals surface area contributed by atoms with Crippen LogP contribution >= 0.6 is 0 Å². The van der Waals surface area contributed by atoms with Gasteiger partial charge >= 0.3 is 0 Å². The average Bonchev–Trinajstić information content (AvgIpc) is 2.70. The van der Waals surface area contributed by atoms with Crippen LogP contribution in [0.5, 0.6) is 11.5 Å². The fourth-order valence-electron chi connectivity index (χ4n) is 2.58. The van der Waals surface area contributed by atoms with E-state index in [4.69, 9.17) is 9.47 Å². The summed E-state index contributed by atoms with van der Waals surface area (Å²) in [5, 5.41) is 18.4. The van der Waals surface area contributed by atoms with E-state index in [1.807, 2.05) is 24.3 Å². The van der Waals surface area contributed by atoms with Gasteiger partial charge in [0.25, 0.3) is 0 Å². The van der Waals surface area contributed by atoms with Crippen molar-refractivity contribution in [1.82, 2.24) is 0 Å². The van der Waals surface area contributed by atoms with Crippen LogP contribution in [0.25, 0.3) is 0 Å². The normalized spacial score (nSPS) is 13.9. The van der Waals surface area contributed by atoms with Crippen LogP contribution in [-0.4, -0.2) is 49.0 Å². The molecule has 0 amide bonds. The van der Waals surface area contributed by atoms with Crippen LogP contribution in [0.1, 0.15) is 25.0 Å². The Morgan fingerprint density at radius 1 is 0.741 bits per heavy atom. The van der Waals surface area contributed by atoms with Crippen LogP contribution in [0.4, 0.5) is 8.78 Å². The quantitative estimate of drug-likeness (QED) is 0.663. The molecule has 2 atom stereocenters. The summed E-state index contributed by atoms with van der Waals surface area (Å²) in [6, 6.07) is 14.9. The number of aliphatic hydroxyl groups excluding tert-OH is 2. The summed E-state index contributed by atoms with van der Waals surface area (Å²) in [7, 11) is 0. The molecule has 2 rings (SSSR count). The number of hydrogen-bond acceptors (Lipinski definition) is 4. The maximum Gasteiger partial charge on any atom is 0.119 e. The Hall–Kier alpha value is -2.18. The fourth-order valence-corrected chi connectivity index (χ4v) is 2.58. The van der Waals surface area contributed by atoms with Gasteiger partial charge in [0.2, 0.25) is 0 Å². The molecule has 0 saturated heterocycles. The third-order valence-corrected chi connectivity index (χ3v) is 4.39. The molecule has 0 radical (unpaired) electrons. The SMILES string of the molecule is CC(C)(c1ccc(OC[C@H](O)CF)cc1)c1ccc(OC[C@@H](O)CF)cc1. The molecule has 0 aliphatic carbocycles. The molecule has 0 bridgehead atoms. The van der Waals surface area contributed by atoms with Gasteiger partial charge in [-0.05, 0) is 35.4 Å². The molecule has 0 unspecified atom stereocenters. The molecular formula is C21H26F2O4. The van der Waals surface area contributed by atoms with Gasteiger partial charge in [0.1, 0.15) is 50.3 Å². The van der Waals surface area contributed by atoms with Gasteiger partial charge in [0.05, 0.1) is 0 Å². The maximum atomic E-state index is 12.3. The first-order valence-corrected chi connectivity index (χ1v) is 8.81. The van der Waals surface area contributed by atoms with Crippen LogP contribution < -0.4 is 9.47 Å². The van der Waals surface area contributed by atoms with Gasteiger partial charge in [-0.3, -0.25) is 0 Å². The highest BCUT2D eigenvalue weighted by atomic mass is 19.1. The Labute approximate surface area is 158 Å². The number of halogens is 2. The molecule has 0 heterocycles.